The molecule has 0 heterocycles. The van der Waals surface area contributed by atoms with E-state index in [4.69, 9.17) is 5.11 Å². The minimum Gasteiger partial charge on any atom is -0.511 e. The fourth-order valence-electron chi connectivity index (χ4n) is 0.472. The lowest BCUT2D eigenvalue weighted by molar-refractivity contribution is -0.166. The maximum atomic E-state index is 11.9. The summed E-state index contributed by atoms with van der Waals surface area (Å²) in [6.45, 7) is 0.745. The molecule has 0 radical (unpaired) electrons. The summed E-state index contributed by atoms with van der Waals surface area (Å²) in [5.74, 6) is -4.14. The topological polar surface area (TPSA) is 46.5 Å². The number of hydrogen-bond acceptors (Lipinski definition) is 3. The number of rotatable bonds is 2. The number of hydrogen-bond donors (Lipinski definition) is 1. The van der Waals surface area contributed by atoms with Crippen LogP contribution in [0.4, 0.5) is 13.2 Å². The van der Waals surface area contributed by atoms with Crippen molar-refractivity contribution in [3.63, 3.8) is 0 Å². The minimum absolute atomic E-state index is 0.401. The molecule has 1 N–H and O–H groups in total. The molecule has 6 heteroatoms. The van der Waals surface area contributed by atoms with E-state index in [9.17, 15) is 18.0 Å². The number of halogens is 3. The summed E-state index contributed by atoms with van der Waals surface area (Å²) >= 11 is 0. The number of alkyl halides is 3. The fourth-order valence-corrected chi connectivity index (χ4v) is 0.472. The molecule has 0 aliphatic heterocycles. The molecule has 0 bridgehead atoms. The van der Waals surface area contributed by atoms with Gasteiger partial charge in [-0.05, 0) is 6.92 Å². The predicted octanol–water partition coefficient (Wildman–Crippen LogP) is 1.80. The second-order valence-corrected chi connectivity index (χ2v) is 2.36. The van der Waals surface area contributed by atoms with Crippen molar-refractivity contribution in [2.24, 2.45) is 5.92 Å². The van der Waals surface area contributed by atoms with Crippen LogP contribution in [0.25, 0.3) is 0 Å². The van der Waals surface area contributed by atoms with Crippen LogP contribution in [0, 0.1) is 5.92 Å². The van der Waals surface area contributed by atoms with E-state index >= 15 is 0 Å². The van der Waals surface area contributed by atoms with E-state index in [1.165, 1.54) is 0 Å². The van der Waals surface area contributed by atoms with Gasteiger partial charge in [-0.2, -0.15) is 13.2 Å². The van der Waals surface area contributed by atoms with Crippen LogP contribution < -0.4 is 0 Å². The Kier molecular flexibility index (Phi) is 3.77. The van der Waals surface area contributed by atoms with Gasteiger partial charge in [-0.15, -0.1) is 0 Å². The minimum atomic E-state index is -4.56. The monoisotopic (exact) mass is 198 g/mol. The van der Waals surface area contributed by atoms with Gasteiger partial charge in [0.05, 0.1) is 13.2 Å². The van der Waals surface area contributed by atoms with Gasteiger partial charge in [0.15, 0.2) is 0 Å². The van der Waals surface area contributed by atoms with Crippen molar-refractivity contribution in [3.8, 4) is 0 Å². The number of carbonyl (C=O) groups excluding carboxylic acids is 1. The number of ether oxygens (including phenoxy) is 1. The van der Waals surface area contributed by atoms with Crippen molar-refractivity contribution in [1.29, 1.82) is 0 Å². The molecule has 0 fully saturated rings. The second kappa shape index (κ2) is 4.15. The maximum Gasteiger partial charge on any atom is 0.398 e. The Balaban J connectivity index is 4.51. The summed E-state index contributed by atoms with van der Waals surface area (Å²) < 4.78 is 39.7. The standard InChI is InChI=1S/C7H9F3O3/c1-4(7(8,9)10)5(11)3-6(12)13-2/h3-4,11H,1-2H3/b5-3-. The number of methoxy groups -OCH3 is 1. The smallest absolute Gasteiger partial charge is 0.398 e. The molecule has 1 atom stereocenters. The highest BCUT2D eigenvalue weighted by atomic mass is 19.4. The molecular weight excluding hydrogens is 189 g/mol. The Hall–Kier alpha value is -1.20. The molecule has 0 rings (SSSR count). The second-order valence-electron chi connectivity index (χ2n) is 2.36. The Morgan fingerprint density at radius 1 is 1.54 bits per heavy atom. The number of aliphatic hydroxyl groups excluding tert-OH is 1. The summed E-state index contributed by atoms with van der Waals surface area (Å²) in [5.41, 5.74) is 0. The van der Waals surface area contributed by atoms with Gasteiger partial charge in [0.2, 0.25) is 0 Å². The van der Waals surface area contributed by atoms with Gasteiger partial charge in [0.1, 0.15) is 11.7 Å². The number of carbonyl (C=O) groups is 1. The van der Waals surface area contributed by atoms with E-state index in [1.807, 2.05) is 0 Å². The Bertz CT molecular complexity index is 220. The summed E-state index contributed by atoms with van der Waals surface area (Å²) in [7, 11) is 1.00. The van der Waals surface area contributed by atoms with E-state index in [-0.39, 0.29) is 0 Å². The molecule has 3 nitrogen and oxygen atoms in total. The fraction of sp³-hybridized carbons (Fsp3) is 0.571. The summed E-state index contributed by atoms with van der Waals surface area (Å²) in [6, 6.07) is 0. The molecule has 0 saturated heterocycles. The third-order valence-electron chi connectivity index (χ3n) is 1.40. The third kappa shape index (κ3) is 3.82. The molecule has 76 valence electrons. The van der Waals surface area contributed by atoms with Crippen molar-refractivity contribution in [3.05, 3.63) is 11.8 Å². The van der Waals surface area contributed by atoms with Crippen molar-refractivity contribution in [2.75, 3.05) is 7.11 Å². The van der Waals surface area contributed by atoms with Crippen LogP contribution >= 0.6 is 0 Å². The quantitative estimate of drug-likeness (QED) is 0.418. The zero-order valence-corrected chi connectivity index (χ0v) is 7.05. The highest BCUT2D eigenvalue weighted by molar-refractivity contribution is 5.82. The first-order chi connectivity index (χ1) is 5.79. The SMILES string of the molecule is COC(=O)/C=C(\O)C(C)C(F)(F)F. The molecule has 0 amide bonds. The molecule has 1 unspecified atom stereocenters. The Morgan fingerprint density at radius 3 is 2.31 bits per heavy atom. The van der Waals surface area contributed by atoms with Gasteiger partial charge in [-0.3, -0.25) is 0 Å². The first-order valence-electron chi connectivity index (χ1n) is 3.34. The zero-order chi connectivity index (χ0) is 10.6. The lowest BCUT2D eigenvalue weighted by Gasteiger charge is -2.13. The van der Waals surface area contributed by atoms with Crippen molar-refractivity contribution >= 4 is 5.97 Å². The summed E-state index contributed by atoms with van der Waals surface area (Å²) in [5, 5.41) is 8.80. The average Bonchev–Trinajstić information content (AvgIpc) is 2.01. The molecule has 0 aromatic carbocycles. The van der Waals surface area contributed by atoms with E-state index in [0.29, 0.717) is 6.08 Å². The van der Waals surface area contributed by atoms with Gasteiger partial charge in [0.25, 0.3) is 0 Å². The van der Waals surface area contributed by atoms with Gasteiger partial charge in [-0.25, -0.2) is 4.79 Å². The predicted molar refractivity (Wildman–Crippen MR) is 37.9 cm³/mol. The van der Waals surface area contributed by atoms with Crippen LogP contribution in [0.15, 0.2) is 11.8 Å². The van der Waals surface area contributed by atoms with E-state index in [2.05, 4.69) is 4.74 Å². The average molecular weight is 198 g/mol. The van der Waals surface area contributed by atoms with Gasteiger partial charge < -0.3 is 9.84 Å². The van der Waals surface area contributed by atoms with E-state index in [1.54, 1.807) is 0 Å². The number of esters is 1. The molecule has 0 aromatic heterocycles. The van der Waals surface area contributed by atoms with Crippen molar-refractivity contribution in [1.82, 2.24) is 0 Å². The van der Waals surface area contributed by atoms with E-state index < -0.39 is 23.8 Å². The Morgan fingerprint density at radius 2 is 2.00 bits per heavy atom. The first-order valence-corrected chi connectivity index (χ1v) is 3.34. The molecule has 0 aliphatic carbocycles. The Labute approximate surface area is 72.8 Å². The molecule has 0 aliphatic rings. The number of aliphatic hydroxyl groups is 1. The van der Waals surface area contributed by atoms with Crippen LogP contribution in [0.3, 0.4) is 0 Å². The van der Waals surface area contributed by atoms with Crippen LogP contribution in [0.2, 0.25) is 0 Å². The van der Waals surface area contributed by atoms with Gasteiger partial charge >= 0.3 is 12.1 Å². The summed E-state index contributed by atoms with van der Waals surface area (Å²) in [4.78, 5) is 10.4. The van der Waals surface area contributed by atoms with Crippen molar-refractivity contribution in [2.45, 2.75) is 13.1 Å². The molecule has 0 spiro atoms. The van der Waals surface area contributed by atoms with Gasteiger partial charge in [-0.1, -0.05) is 0 Å². The number of allylic oxidation sites excluding steroid dienone is 1. The molecule has 0 saturated carbocycles. The molecule has 13 heavy (non-hydrogen) atoms. The lowest BCUT2D eigenvalue weighted by atomic mass is 10.1. The van der Waals surface area contributed by atoms with Gasteiger partial charge in [0, 0.05) is 0 Å². The normalized spacial score (nSPS) is 15.3. The first kappa shape index (κ1) is 11.8. The van der Waals surface area contributed by atoms with Crippen LogP contribution in [0.5, 0.6) is 0 Å². The molecule has 0 aromatic rings. The van der Waals surface area contributed by atoms with Crippen molar-refractivity contribution < 1.29 is 27.8 Å². The lowest BCUT2D eigenvalue weighted by Crippen LogP contribution is -2.22. The molecular formula is C7H9F3O3. The van der Waals surface area contributed by atoms with Crippen LogP contribution in [-0.4, -0.2) is 24.4 Å². The maximum absolute atomic E-state index is 11.9. The van der Waals surface area contributed by atoms with Crippen LogP contribution in [-0.2, 0) is 9.53 Å². The largest absolute Gasteiger partial charge is 0.511 e. The van der Waals surface area contributed by atoms with Crippen LogP contribution in [0.1, 0.15) is 6.92 Å². The zero-order valence-electron chi connectivity index (χ0n) is 7.05. The highest BCUT2D eigenvalue weighted by Crippen LogP contribution is 2.29. The van der Waals surface area contributed by atoms with E-state index in [0.717, 1.165) is 14.0 Å². The highest BCUT2D eigenvalue weighted by Gasteiger charge is 2.39. The summed E-state index contributed by atoms with van der Waals surface area (Å²) in [6.07, 6.45) is -4.16. The third-order valence-corrected chi connectivity index (χ3v) is 1.40.